The molecule has 0 aromatic rings. The van der Waals surface area contributed by atoms with Crippen LogP contribution in [0.3, 0.4) is 0 Å². The summed E-state index contributed by atoms with van der Waals surface area (Å²) in [4.78, 5) is 2.16. The van der Waals surface area contributed by atoms with Crippen molar-refractivity contribution < 1.29 is 0 Å². The van der Waals surface area contributed by atoms with Crippen LogP contribution in [0.4, 0.5) is 0 Å². The molecule has 0 aromatic carbocycles. The van der Waals surface area contributed by atoms with Crippen LogP contribution < -0.4 is 11.1 Å². The Morgan fingerprint density at radius 3 is 2.40 bits per heavy atom. The van der Waals surface area contributed by atoms with Crippen molar-refractivity contribution in [2.45, 2.75) is 20.0 Å². The van der Waals surface area contributed by atoms with Crippen molar-refractivity contribution in [2.75, 3.05) is 13.6 Å². The largest absolute Gasteiger partial charge is 0.366 e. The van der Waals surface area contributed by atoms with Crippen molar-refractivity contribution >= 4 is 0 Å². The van der Waals surface area contributed by atoms with Gasteiger partial charge in [-0.15, -0.1) is 0 Å². The molecule has 0 radical (unpaired) electrons. The minimum atomic E-state index is 0.306. The fraction of sp³-hybridized carbons (Fsp3) is 0.714. The van der Waals surface area contributed by atoms with E-state index in [1.54, 1.807) is 0 Å². The molecule has 0 saturated carbocycles. The highest BCUT2D eigenvalue weighted by Gasteiger charge is 2.20. The van der Waals surface area contributed by atoms with Crippen molar-refractivity contribution in [1.29, 1.82) is 0 Å². The quantitative estimate of drug-likeness (QED) is 0.542. The highest BCUT2D eigenvalue weighted by Crippen LogP contribution is 2.15. The van der Waals surface area contributed by atoms with E-state index in [0.29, 0.717) is 12.7 Å². The van der Waals surface area contributed by atoms with Gasteiger partial charge in [0.05, 0.1) is 0 Å². The van der Waals surface area contributed by atoms with Gasteiger partial charge in [0, 0.05) is 25.0 Å². The molecule has 10 heavy (non-hydrogen) atoms. The van der Waals surface area contributed by atoms with Crippen molar-refractivity contribution in [2.24, 2.45) is 5.73 Å². The number of nitrogens with one attached hydrogen (secondary N) is 1. The minimum absolute atomic E-state index is 0.306. The Labute approximate surface area is 61.9 Å². The van der Waals surface area contributed by atoms with Gasteiger partial charge in [0.2, 0.25) is 0 Å². The van der Waals surface area contributed by atoms with Gasteiger partial charge in [-0.25, -0.2) is 0 Å². The molecule has 1 aliphatic rings. The Morgan fingerprint density at radius 2 is 2.20 bits per heavy atom. The normalized spacial score (nSPS) is 25.6. The molecule has 1 atom stereocenters. The number of rotatable bonds is 1. The molecule has 3 heteroatoms. The summed E-state index contributed by atoms with van der Waals surface area (Å²) >= 11 is 0. The first-order valence-corrected chi connectivity index (χ1v) is 3.53. The van der Waals surface area contributed by atoms with E-state index in [0.717, 1.165) is 0 Å². The molecule has 1 heterocycles. The first-order chi connectivity index (χ1) is 4.66. The molecule has 3 nitrogen and oxygen atoms in total. The molecular formula is C7H15N3. The van der Waals surface area contributed by atoms with Crippen LogP contribution in [-0.4, -0.2) is 24.7 Å². The van der Waals surface area contributed by atoms with E-state index >= 15 is 0 Å². The summed E-state index contributed by atoms with van der Waals surface area (Å²) in [6, 6.07) is 0. The van der Waals surface area contributed by atoms with E-state index in [9.17, 15) is 0 Å². The van der Waals surface area contributed by atoms with E-state index in [1.165, 1.54) is 11.4 Å². The predicted octanol–water partition coefficient (Wildman–Crippen LogP) is 0.0576. The summed E-state index contributed by atoms with van der Waals surface area (Å²) in [6.07, 6.45) is 0.306. The Bertz CT molecular complexity index is 162. The van der Waals surface area contributed by atoms with E-state index in [1.807, 2.05) is 0 Å². The van der Waals surface area contributed by atoms with Crippen LogP contribution in [0.15, 0.2) is 11.4 Å². The van der Waals surface area contributed by atoms with Crippen LogP contribution in [0, 0.1) is 0 Å². The molecule has 0 bridgehead atoms. The van der Waals surface area contributed by atoms with Crippen molar-refractivity contribution in [3.05, 3.63) is 11.4 Å². The average Bonchev–Trinajstić information content (AvgIpc) is 2.17. The number of allylic oxidation sites excluding steroid dienone is 2. The fourth-order valence-electron chi connectivity index (χ4n) is 1.17. The molecule has 0 aliphatic carbocycles. The maximum Gasteiger partial charge on any atom is 0.111 e. The van der Waals surface area contributed by atoms with Gasteiger partial charge >= 0.3 is 0 Å². The van der Waals surface area contributed by atoms with Crippen molar-refractivity contribution in [1.82, 2.24) is 10.2 Å². The Hall–Kier alpha value is -0.700. The molecular weight excluding hydrogens is 126 g/mol. The highest BCUT2D eigenvalue weighted by molar-refractivity contribution is 5.14. The molecule has 1 aliphatic heterocycles. The first kappa shape index (κ1) is 7.41. The van der Waals surface area contributed by atoms with Crippen LogP contribution in [0.25, 0.3) is 0 Å². The second-order valence-electron chi connectivity index (χ2n) is 2.72. The van der Waals surface area contributed by atoms with Crippen LogP contribution in [-0.2, 0) is 0 Å². The Morgan fingerprint density at radius 1 is 1.60 bits per heavy atom. The number of nitrogens with two attached hydrogens (primary N) is 1. The van der Waals surface area contributed by atoms with Gasteiger partial charge in [-0.1, -0.05) is 0 Å². The monoisotopic (exact) mass is 141 g/mol. The van der Waals surface area contributed by atoms with Crippen molar-refractivity contribution in [3.8, 4) is 0 Å². The van der Waals surface area contributed by atoms with Gasteiger partial charge in [0.1, 0.15) is 6.17 Å². The van der Waals surface area contributed by atoms with E-state index in [-0.39, 0.29) is 0 Å². The summed E-state index contributed by atoms with van der Waals surface area (Å²) in [5.41, 5.74) is 8.04. The molecule has 1 unspecified atom stereocenters. The maximum atomic E-state index is 5.52. The first-order valence-electron chi connectivity index (χ1n) is 3.53. The third kappa shape index (κ3) is 0.968. The van der Waals surface area contributed by atoms with E-state index in [2.05, 4.69) is 31.1 Å². The lowest BCUT2D eigenvalue weighted by Gasteiger charge is -2.21. The van der Waals surface area contributed by atoms with Crippen LogP contribution in [0.5, 0.6) is 0 Å². The standard InChI is InChI=1S/C7H15N3/c1-5-6(2)10(3)7(4-8)9-5/h7,9H,4,8H2,1-3H3. The minimum Gasteiger partial charge on any atom is -0.366 e. The zero-order chi connectivity index (χ0) is 7.72. The predicted molar refractivity (Wildman–Crippen MR) is 42.1 cm³/mol. The van der Waals surface area contributed by atoms with Gasteiger partial charge in [-0.05, 0) is 13.8 Å². The average molecular weight is 141 g/mol. The Balaban J connectivity index is 2.67. The summed E-state index contributed by atoms with van der Waals surface area (Å²) in [7, 11) is 2.05. The summed E-state index contributed by atoms with van der Waals surface area (Å²) in [6.45, 7) is 4.82. The van der Waals surface area contributed by atoms with Gasteiger partial charge < -0.3 is 16.0 Å². The van der Waals surface area contributed by atoms with Crippen molar-refractivity contribution in [3.63, 3.8) is 0 Å². The maximum absolute atomic E-state index is 5.52. The smallest absolute Gasteiger partial charge is 0.111 e. The summed E-state index contributed by atoms with van der Waals surface area (Å²) in [5, 5.41) is 3.28. The highest BCUT2D eigenvalue weighted by atomic mass is 15.3. The van der Waals surface area contributed by atoms with Crippen LogP contribution in [0.1, 0.15) is 13.8 Å². The molecule has 58 valence electrons. The fourth-order valence-corrected chi connectivity index (χ4v) is 1.17. The number of hydrogen-bond acceptors (Lipinski definition) is 3. The van der Waals surface area contributed by atoms with Gasteiger partial charge in [0.15, 0.2) is 0 Å². The number of likely N-dealkylation sites (N-methyl/N-ethyl adjacent to an activating group) is 1. The SMILES string of the molecule is CC1=C(C)N(C)C(CN)N1. The molecule has 0 saturated heterocycles. The van der Waals surface area contributed by atoms with Gasteiger partial charge in [-0.3, -0.25) is 0 Å². The number of nitrogens with zero attached hydrogens (tertiary/aromatic N) is 1. The van der Waals surface area contributed by atoms with Crippen LogP contribution >= 0.6 is 0 Å². The second kappa shape index (κ2) is 2.50. The molecule has 0 spiro atoms. The third-order valence-corrected chi connectivity index (χ3v) is 2.15. The third-order valence-electron chi connectivity index (χ3n) is 2.15. The molecule has 0 fully saturated rings. The lowest BCUT2D eigenvalue weighted by molar-refractivity contribution is 0.317. The topological polar surface area (TPSA) is 41.3 Å². The summed E-state index contributed by atoms with van der Waals surface area (Å²) < 4.78 is 0. The Kier molecular flexibility index (Phi) is 1.85. The molecule has 0 aromatic heterocycles. The molecule has 0 amide bonds. The second-order valence-corrected chi connectivity index (χ2v) is 2.72. The number of hydrogen-bond donors (Lipinski definition) is 2. The lowest BCUT2D eigenvalue weighted by Crippen LogP contribution is -2.40. The summed E-state index contributed by atoms with van der Waals surface area (Å²) in [5.74, 6) is 0. The lowest BCUT2D eigenvalue weighted by atomic mass is 10.4. The van der Waals surface area contributed by atoms with E-state index < -0.39 is 0 Å². The zero-order valence-corrected chi connectivity index (χ0v) is 6.81. The molecule has 3 N–H and O–H groups in total. The van der Waals surface area contributed by atoms with E-state index in [4.69, 9.17) is 5.73 Å². The zero-order valence-electron chi connectivity index (χ0n) is 6.81. The van der Waals surface area contributed by atoms with Gasteiger partial charge in [0.25, 0.3) is 0 Å². The van der Waals surface area contributed by atoms with Gasteiger partial charge in [-0.2, -0.15) is 0 Å². The van der Waals surface area contributed by atoms with Crippen LogP contribution in [0.2, 0.25) is 0 Å². The molecule has 1 rings (SSSR count).